The fourth-order valence-electron chi connectivity index (χ4n) is 3.61. The number of aliphatic carboxylic acids is 1. The smallest absolute Gasteiger partial charge is 0.311 e. The van der Waals surface area contributed by atoms with E-state index in [1.54, 1.807) is 4.90 Å². The maximum atomic E-state index is 13.2. The number of halogens is 2. The van der Waals surface area contributed by atoms with Gasteiger partial charge < -0.3 is 10.0 Å². The highest BCUT2D eigenvalue weighted by Crippen LogP contribution is 2.49. The second kappa shape index (κ2) is 4.98. The van der Waals surface area contributed by atoms with Crippen LogP contribution in [0.5, 0.6) is 0 Å². The molecule has 0 unspecified atom stereocenters. The summed E-state index contributed by atoms with van der Waals surface area (Å²) in [4.78, 5) is 25.6. The first-order valence-corrected chi connectivity index (χ1v) is 7.29. The van der Waals surface area contributed by atoms with Crippen molar-refractivity contribution in [2.75, 3.05) is 13.1 Å². The number of likely N-dealkylation sites (tertiary alicyclic amines) is 1. The molecule has 1 aliphatic heterocycles. The number of hydrogen-bond donors (Lipinski definition) is 1. The van der Waals surface area contributed by atoms with Crippen LogP contribution >= 0.6 is 11.6 Å². The van der Waals surface area contributed by atoms with Crippen molar-refractivity contribution in [1.29, 1.82) is 0 Å². The lowest BCUT2D eigenvalue weighted by Gasteiger charge is -2.23. The van der Waals surface area contributed by atoms with Gasteiger partial charge in [0.15, 0.2) is 0 Å². The van der Waals surface area contributed by atoms with Crippen LogP contribution in [0.3, 0.4) is 0 Å². The summed E-state index contributed by atoms with van der Waals surface area (Å²) >= 11 is 5.70. The van der Waals surface area contributed by atoms with E-state index in [0.717, 1.165) is 18.9 Å². The van der Waals surface area contributed by atoms with Gasteiger partial charge in [-0.25, -0.2) is 4.39 Å². The molecule has 2 fully saturated rings. The van der Waals surface area contributed by atoms with Gasteiger partial charge in [-0.2, -0.15) is 0 Å². The fourth-order valence-corrected chi connectivity index (χ4v) is 3.79. The highest BCUT2D eigenvalue weighted by Gasteiger charge is 2.55. The summed E-state index contributed by atoms with van der Waals surface area (Å²) < 4.78 is 13.2. The normalized spacial score (nSPS) is 27.7. The molecule has 1 aromatic carbocycles. The summed E-state index contributed by atoms with van der Waals surface area (Å²) in [6.45, 7) is 0.668. The van der Waals surface area contributed by atoms with Gasteiger partial charge in [-0.05, 0) is 37.0 Å². The van der Waals surface area contributed by atoms with Crippen molar-refractivity contribution in [1.82, 2.24) is 4.90 Å². The number of benzene rings is 1. The summed E-state index contributed by atoms with van der Waals surface area (Å²) in [6.07, 6.45) is 2.34. The summed E-state index contributed by atoms with van der Waals surface area (Å²) in [5.74, 6) is -1.67. The van der Waals surface area contributed by atoms with Crippen LogP contribution in [0.15, 0.2) is 18.2 Å². The van der Waals surface area contributed by atoms with Gasteiger partial charge in [-0.15, -0.1) is 0 Å². The molecular formula is C15H15ClFNO3. The van der Waals surface area contributed by atoms with Crippen molar-refractivity contribution in [2.45, 2.75) is 19.3 Å². The number of carboxylic acids is 1. The quantitative estimate of drug-likeness (QED) is 0.913. The molecule has 4 nitrogen and oxygen atoms in total. The van der Waals surface area contributed by atoms with Crippen molar-refractivity contribution < 1.29 is 19.1 Å². The topological polar surface area (TPSA) is 57.6 Å². The van der Waals surface area contributed by atoms with Crippen molar-refractivity contribution in [2.24, 2.45) is 11.3 Å². The molecule has 3 rings (SSSR count). The third kappa shape index (κ3) is 2.20. The van der Waals surface area contributed by atoms with Crippen LogP contribution in [0, 0.1) is 17.2 Å². The van der Waals surface area contributed by atoms with Crippen LogP contribution in [-0.2, 0) is 4.79 Å². The van der Waals surface area contributed by atoms with Crippen molar-refractivity contribution >= 4 is 23.5 Å². The molecule has 0 bridgehead atoms. The lowest BCUT2D eigenvalue weighted by molar-refractivity contribution is -0.149. The maximum Gasteiger partial charge on any atom is 0.311 e. The van der Waals surface area contributed by atoms with Gasteiger partial charge in [0.1, 0.15) is 5.82 Å². The number of amides is 1. The molecule has 112 valence electrons. The number of hydrogen-bond acceptors (Lipinski definition) is 2. The molecule has 0 radical (unpaired) electrons. The highest BCUT2D eigenvalue weighted by molar-refractivity contribution is 6.31. The van der Waals surface area contributed by atoms with E-state index in [1.807, 2.05) is 0 Å². The van der Waals surface area contributed by atoms with Gasteiger partial charge in [0.2, 0.25) is 0 Å². The lowest BCUT2D eigenvalue weighted by Crippen LogP contribution is -2.37. The zero-order valence-corrected chi connectivity index (χ0v) is 12.1. The van der Waals surface area contributed by atoms with E-state index in [2.05, 4.69) is 0 Å². The Balaban J connectivity index is 1.84. The number of fused-ring (bicyclic) bond motifs is 1. The molecule has 6 heteroatoms. The molecular weight excluding hydrogens is 297 g/mol. The standard InChI is InChI=1S/C15H15ClFNO3/c16-11-6-9(3-4-12(11)17)13(19)18-7-10-2-1-5-15(10,8-18)14(20)21/h3-4,6,10H,1-2,5,7-8H2,(H,20,21)/t10-,15+/m0/s1. The van der Waals surface area contributed by atoms with Gasteiger partial charge >= 0.3 is 5.97 Å². The molecule has 1 saturated heterocycles. The third-order valence-electron chi connectivity index (χ3n) is 4.75. The van der Waals surface area contributed by atoms with Gasteiger partial charge in [-0.3, -0.25) is 9.59 Å². The number of nitrogens with zero attached hydrogens (tertiary/aromatic N) is 1. The molecule has 1 amide bonds. The second-order valence-electron chi connectivity index (χ2n) is 5.87. The van der Waals surface area contributed by atoms with E-state index in [0.29, 0.717) is 18.5 Å². The van der Waals surface area contributed by atoms with Crippen LogP contribution in [-0.4, -0.2) is 35.0 Å². The monoisotopic (exact) mass is 311 g/mol. The Morgan fingerprint density at radius 1 is 1.43 bits per heavy atom. The van der Waals surface area contributed by atoms with E-state index in [9.17, 15) is 19.1 Å². The number of carboxylic acid groups (broad SMARTS) is 1. The lowest BCUT2D eigenvalue weighted by atomic mass is 9.81. The molecule has 1 aliphatic carbocycles. The van der Waals surface area contributed by atoms with Crippen molar-refractivity contribution in [3.63, 3.8) is 0 Å². The predicted octanol–water partition coefficient (Wildman–Crippen LogP) is 2.81. The molecule has 1 aromatic rings. The molecule has 2 aliphatic rings. The first-order chi connectivity index (χ1) is 9.94. The van der Waals surface area contributed by atoms with E-state index in [1.165, 1.54) is 12.1 Å². The van der Waals surface area contributed by atoms with Crippen LogP contribution in [0.1, 0.15) is 29.6 Å². The summed E-state index contributed by atoms with van der Waals surface area (Å²) in [7, 11) is 0. The molecule has 0 aromatic heterocycles. The Hall–Kier alpha value is -1.62. The Labute approximate surface area is 126 Å². The first kappa shape index (κ1) is 14.3. The van der Waals surface area contributed by atoms with Crippen LogP contribution in [0.4, 0.5) is 4.39 Å². The van der Waals surface area contributed by atoms with E-state index >= 15 is 0 Å². The minimum absolute atomic E-state index is 0.00914. The number of carbonyl (C=O) groups excluding carboxylic acids is 1. The summed E-state index contributed by atoms with van der Waals surface area (Å²) in [6, 6.07) is 3.82. The van der Waals surface area contributed by atoms with Gasteiger partial charge in [0, 0.05) is 18.7 Å². The summed E-state index contributed by atoms with van der Waals surface area (Å²) in [5.41, 5.74) is -0.513. The largest absolute Gasteiger partial charge is 0.481 e. The Morgan fingerprint density at radius 2 is 2.19 bits per heavy atom. The van der Waals surface area contributed by atoms with Gasteiger partial charge in [0.25, 0.3) is 5.91 Å². The number of rotatable bonds is 2. The van der Waals surface area contributed by atoms with Crippen LogP contribution in [0.2, 0.25) is 5.02 Å². The molecule has 1 saturated carbocycles. The zero-order chi connectivity index (χ0) is 15.2. The maximum absolute atomic E-state index is 13.2. The molecule has 1 N–H and O–H groups in total. The average molecular weight is 312 g/mol. The second-order valence-corrected chi connectivity index (χ2v) is 6.27. The van der Waals surface area contributed by atoms with Gasteiger partial charge in [0.05, 0.1) is 10.4 Å². The van der Waals surface area contributed by atoms with E-state index in [-0.39, 0.29) is 23.4 Å². The predicted molar refractivity (Wildman–Crippen MR) is 74.7 cm³/mol. The molecule has 1 heterocycles. The van der Waals surface area contributed by atoms with Crippen molar-refractivity contribution in [3.05, 3.63) is 34.6 Å². The van der Waals surface area contributed by atoms with Crippen molar-refractivity contribution in [3.8, 4) is 0 Å². The summed E-state index contributed by atoms with van der Waals surface area (Å²) in [5, 5.41) is 9.41. The first-order valence-electron chi connectivity index (χ1n) is 6.92. The van der Waals surface area contributed by atoms with Crippen LogP contribution in [0.25, 0.3) is 0 Å². The minimum atomic E-state index is -0.822. The van der Waals surface area contributed by atoms with Crippen LogP contribution < -0.4 is 0 Å². The van der Waals surface area contributed by atoms with E-state index < -0.39 is 17.2 Å². The third-order valence-corrected chi connectivity index (χ3v) is 5.04. The van der Waals surface area contributed by atoms with Gasteiger partial charge in [-0.1, -0.05) is 18.0 Å². The minimum Gasteiger partial charge on any atom is -0.481 e. The Bertz CT molecular complexity index is 621. The zero-order valence-electron chi connectivity index (χ0n) is 11.3. The van der Waals surface area contributed by atoms with E-state index in [4.69, 9.17) is 11.6 Å². The number of carbonyl (C=O) groups is 2. The molecule has 0 spiro atoms. The highest BCUT2D eigenvalue weighted by atomic mass is 35.5. The fraction of sp³-hybridized carbons (Fsp3) is 0.467. The average Bonchev–Trinajstić information content (AvgIpc) is 2.98. The SMILES string of the molecule is O=C(c1ccc(F)c(Cl)c1)N1C[C@@H]2CCC[C@@]2(C(=O)O)C1. The molecule has 2 atom stereocenters. The Kier molecular flexibility index (Phi) is 3.40. The Morgan fingerprint density at radius 3 is 2.81 bits per heavy atom. The molecule has 21 heavy (non-hydrogen) atoms.